The van der Waals surface area contributed by atoms with Gasteiger partial charge in [0.1, 0.15) is 11.4 Å². The van der Waals surface area contributed by atoms with Gasteiger partial charge in [-0.2, -0.15) is 0 Å². The van der Waals surface area contributed by atoms with Crippen molar-refractivity contribution < 1.29 is 27.8 Å². The van der Waals surface area contributed by atoms with Crippen molar-refractivity contribution in [2.45, 2.75) is 71.2 Å². The van der Waals surface area contributed by atoms with Crippen molar-refractivity contribution in [3.63, 3.8) is 0 Å². The Bertz CT molecular complexity index is 2010. The predicted molar refractivity (Wildman–Crippen MR) is 202 cm³/mol. The van der Waals surface area contributed by atoms with Gasteiger partial charge in [-0.25, -0.2) is 14.2 Å². The normalized spacial score (nSPS) is 15.9. The Morgan fingerprint density at radius 1 is 1.08 bits per heavy atom. The lowest BCUT2D eigenvalue weighted by Gasteiger charge is -2.29. The first kappa shape index (κ1) is 38.4. The van der Waals surface area contributed by atoms with E-state index in [-0.39, 0.29) is 30.9 Å². The third-order valence-corrected chi connectivity index (χ3v) is 10.2. The Kier molecular flexibility index (Phi) is 11.9. The molecule has 1 N–H and O–H groups in total. The van der Waals surface area contributed by atoms with Crippen LogP contribution in [0.1, 0.15) is 56.7 Å². The zero-order valence-corrected chi connectivity index (χ0v) is 31.8. The number of fused-ring (bicyclic) bond motifs is 1. The van der Waals surface area contributed by atoms with E-state index in [1.807, 2.05) is 36.4 Å². The number of carbonyl (C=O) groups is 2. The Morgan fingerprint density at radius 3 is 2.57 bits per heavy atom. The minimum Gasteiger partial charge on any atom is -0.481 e. The summed E-state index contributed by atoms with van der Waals surface area (Å²) < 4.78 is 39.6. The highest BCUT2D eigenvalue weighted by Crippen LogP contribution is 2.42. The van der Waals surface area contributed by atoms with Crippen LogP contribution in [0.4, 0.5) is 13.6 Å². The van der Waals surface area contributed by atoms with Crippen molar-refractivity contribution in [3.8, 4) is 39.5 Å². The number of alkyl halides is 1. The Morgan fingerprint density at radius 2 is 1.85 bits per heavy atom. The zero-order valence-electron chi connectivity index (χ0n) is 30.3. The molecule has 6 rings (SSSR count). The Balaban J connectivity index is 1.28. The maximum absolute atomic E-state index is 15.5. The van der Waals surface area contributed by atoms with E-state index in [2.05, 4.69) is 15.2 Å². The second-order valence-electron chi connectivity index (χ2n) is 14.4. The molecule has 13 heteroatoms. The lowest BCUT2D eigenvalue weighted by atomic mass is 9.94. The van der Waals surface area contributed by atoms with Crippen molar-refractivity contribution in [2.75, 3.05) is 33.4 Å². The molecule has 2 aromatic heterocycles. The average molecular weight is 767 g/mol. The lowest BCUT2D eigenvalue weighted by molar-refractivity contribution is -0.119. The minimum absolute atomic E-state index is 0.0432. The summed E-state index contributed by atoms with van der Waals surface area (Å²) in [6.07, 6.45) is 3.22. The van der Waals surface area contributed by atoms with Crippen molar-refractivity contribution in [1.82, 2.24) is 25.1 Å². The average Bonchev–Trinajstić information content (AvgIpc) is 3.54. The molecule has 1 saturated heterocycles. The summed E-state index contributed by atoms with van der Waals surface area (Å²) in [7, 11) is 1.51. The summed E-state index contributed by atoms with van der Waals surface area (Å²) in [4.78, 5) is 38.1. The summed E-state index contributed by atoms with van der Waals surface area (Å²) in [5.41, 5.74) is 4.86. The second kappa shape index (κ2) is 16.4. The molecule has 1 fully saturated rings. The van der Waals surface area contributed by atoms with Crippen LogP contribution in [0, 0.1) is 5.82 Å². The van der Waals surface area contributed by atoms with Gasteiger partial charge in [0, 0.05) is 78.2 Å². The van der Waals surface area contributed by atoms with E-state index in [1.165, 1.54) is 13.2 Å². The number of carbonyl (C=O) groups excluding carboxylic acids is 2. The van der Waals surface area contributed by atoms with Crippen molar-refractivity contribution >= 4 is 35.2 Å². The first-order chi connectivity index (χ1) is 25.3. The molecule has 0 unspecified atom stereocenters. The molecule has 2 aliphatic rings. The van der Waals surface area contributed by atoms with Gasteiger partial charge < -0.3 is 19.7 Å². The van der Waals surface area contributed by atoms with Crippen LogP contribution >= 0.6 is 23.2 Å². The van der Waals surface area contributed by atoms with Gasteiger partial charge in [-0.1, -0.05) is 41.4 Å². The molecule has 0 saturated carbocycles. The minimum atomic E-state index is -0.710. The third kappa shape index (κ3) is 8.91. The monoisotopic (exact) mass is 765 g/mol. The lowest BCUT2D eigenvalue weighted by Crippen LogP contribution is -2.43. The summed E-state index contributed by atoms with van der Waals surface area (Å²) in [6.45, 7) is 7.17. The summed E-state index contributed by atoms with van der Waals surface area (Å²) in [5.74, 6) is -0.0794. The zero-order chi connectivity index (χ0) is 37.9. The van der Waals surface area contributed by atoms with Gasteiger partial charge in [0.2, 0.25) is 11.8 Å². The number of pyridine rings is 2. The third-order valence-electron chi connectivity index (χ3n) is 9.37. The molecule has 1 atom stereocenters. The molecule has 53 heavy (non-hydrogen) atoms. The van der Waals surface area contributed by atoms with E-state index < -0.39 is 18.4 Å². The van der Waals surface area contributed by atoms with Crippen LogP contribution in [-0.4, -0.2) is 76.8 Å². The van der Waals surface area contributed by atoms with Crippen molar-refractivity contribution in [1.29, 1.82) is 0 Å². The van der Waals surface area contributed by atoms with E-state index in [0.29, 0.717) is 99.5 Å². The molecule has 4 heterocycles. The van der Waals surface area contributed by atoms with E-state index >= 15 is 4.39 Å². The SMILES string of the molecule is COc1nc(-c2cccc(-c3ccnc(-c4cc(F)c5c(c4)CCN(CCCF)C5)c3Cl)c2Cl)ccc1CN(C[C@@H]1CCC(=O)N1)C(=O)OC(C)(C)C. The van der Waals surface area contributed by atoms with E-state index in [0.717, 1.165) is 12.1 Å². The number of ether oxygens (including phenoxy) is 2. The number of rotatable bonds is 11. The summed E-state index contributed by atoms with van der Waals surface area (Å²) in [5, 5.41) is 3.64. The van der Waals surface area contributed by atoms with Crippen LogP contribution in [0.2, 0.25) is 10.0 Å². The van der Waals surface area contributed by atoms with E-state index in [9.17, 15) is 14.0 Å². The number of amides is 2. The molecular weight excluding hydrogens is 723 g/mol. The molecule has 2 aromatic carbocycles. The van der Waals surface area contributed by atoms with Crippen molar-refractivity contribution in [2.24, 2.45) is 0 Å². The number of nitrogens with one attached hydrogen (secondary N) is 1. The van der Waals surface area contributed by atoms with Gasteiger partial charge in [-0.3, -0.25) is 19.1 Å². The van der Waals surface area contributed by atoms with E-state index in [4.69, 9.17) is 37.7 Å². The van der Waals surface area contributed by atoms with Crippen molar-refractivity contribution in [3.05, 3.63) is 87.3 Å². The van der Waals surface area contributed by atoms with Gasteiger partial charge in [-0.05, 0) is 75.9 Å². The molecule has 0 bridgehead atoms. The van der Waals surface area contributed by atoms with Crippen LogP contribution in [0.3, 0.4) is 0 Å². The van der Waals surface area contributed by atoms with Gasteiger partial charge in [-0.15, -0.1) is 0 Å². The maximum atomic E-state index is 15.5. The topological polar surface area (TPSA) is 96.9 Å². The van der Waals surface area contributed by atoms with Crippen LogP contribution in [-0.2, 0) is 29.0 Å². The molecule has 0 spiro atoms. The van der Waals surface area contributed by atoms with Crippen LogP contribution < -0.4 is 10.1 Å². The van der Waals surface area contributed by atoms with Gasteiger partial charge in [0.25, 0.3) is 0 Å². The van der Waals surface area contributed by atoms with Crippen LogP contribution in [0.25, 0.3) is 33.6 Å². The van der Waals surface area contributed by atoms with Gasteiger partial charge >= 0.3 is 6.09 Å². The molecule has 2 aliphatic heterocycles. The Labute approximate surface area is 318 Å². The molecule has 0 aliphatic carbocycles. The highest BCUT2D eigenvalue weighted by atomic mass is 35.5. The number of nitrogens with zero attached hydrogens (tertiary/aromatic N) is 4. The largest absolute Gasteiger partial charge is 0.481 e. The fourth-order valence-electron chi connectivity index (χ4n) is 6.81. The molecule has 4 aromatic rings. The van der Waals surface area contributed by atoms with Crippen LogP contribution in [0.15, 0.2) is 54.7 Å². The number of hydrogen-bond acceptors (Lipinski definition) is 7. The Hall–Kier alpha value is -4.32. The standard InChI is InChI=1S/C40H43Cl2F2N5O4/c1-40(2,3)53-39(51)49(22-27-10-12-34(50)46-27)21-25-9-11-33(47-38(25)52-4)30-8-5-7-28(35(30)41)29-13-16-45-37(36(29)42)26-19-24-14-18-48(17-6-15-43)23-31(24)32(44)20-26/h5,7-9,11,13,16,19-20,27H,6,10,12,14-15,17-18,21-23H2,1-4H3,(H,46,50)/t27-/m0/s1. The highest BCUT2D eigenvalue weighted by molar-refractivity contribution is 6.39. The van der Waals surface area contributed by atoms with E-state index in [1.54, 1.807) is 37.9 Å². The fourth-order valence-corrected chi connectivity index (χ4v) is 7.46. The molecule has 0 radical (unpaired) electrons. The van der Waals surface area contributed by atoms with Gasteiger partial charge in [0.05, 0.1) is 41.8 Å². The highest BCUT2D eigenvalue weighted by Gasteiger charge is 2.30. The summed E-state index contributed by atoms with van der Waals surface area (Å²) >= 11 is 14.1. The molecule has 2 amide bonds. The number of aromatic nitrogens is 2. The second-order valence-corrected chi connectivity index (χ2v) is 15.1. The first-order valence-electron chi connectivity index (χ1n) is 17.7. The van der Waals surface area contributed by atoms with Gasteiger partial charge in [0.15, 0.2) is 0 Å². The number of methoxy groups -OCH3 is 1. The summed E-state index contributed by atoms with van der Waals surface area (Å²) in [6, 6.07) is 14.2. The maximum Gasteiger partial charge on any atom is 0.410 e. The quantitative estimate of drug-likeness (QED) is 0.163. The number of hydrogen-bond donors (Lipinski definition) is 1. The number of halogens is 4. The van der Waals surface area contributed by atoms with Crippen LogP contribution in [0.5, 0.6) is 5.88 Å². The molecule has 9 nitrogen and oxygen atoms in total. The smallest absolute Gasteiger partial charge is 0.410 e. The number of benzene rings is 2. The first-order valence-corrected chi connectivity index (χ1v) is 18.5. The predicted octanol–water partition coefficient (Wildman–Crippen LogP) is 8.67. The fraction of sp³-hybridized carbons (Fsp3) is 0.400. The molecular formula is C40H43Cl2F2N5O4. The molecule has 280 valence electrons.